The molecular formula is C16H13BrFN3O2. The Morgan fingerprint density at radius 3 is 2.57 bits per heavy atom. The normalized spacial score (nSPS) is 12.1. The number of benzene rings is 2. The number of hydrogen-bond acceptors (Lipinski definition) is 4. The first-order valence-electron chi connectivity index (χ1n) is 6.85. The molecule has 1 N–H and O–H groups in total. The number of aromatic nitrogens is 3. The molecule has 0 aliphatic carbocycles. The average molecular weight is 378 g/mol. The van der Waals surface area contributed by atoms with Crippen molar-refractivity contribution < 1.29 is 14.2 Å². The van der Waals surface area contributed by atoms with E-state index in [0.717, 1.165) is 0 Å². The van der Waals surface area contributed by atoms with Gasteiger partial charge in [-0.2, -0.15) is 5.10 Å². The van der Waals surface area contributed by atoms with E-state index in [-0.39, 0.29) is 5.82 Å². The summed E-state index contributed by atoms with van der Waals surface area (Å²) in [6, 6.07) is 11.0. The largest absolute Gasteiger partial charge is 0.457 e. The fraction of sp³-hybridized carbons (Fsp3) is 0.125. The lowest BCUT2D eigenvalue weighted by atomic mass is 10.1. The molecule has 118 valence electrons. The highest BCUT2D eigenvalue weighted by molar-refractivity contribution is 9.10. The van der Waals surface area contributed by atoms with Crippen LogP contribution >= 0.6 is 15.9 Å². The summed E-state index contributed by atoms with van der Waals surface area (Å²) in [7, 11) is 0. The minimum absolute atomic E-state index is 0.302. The van der Waals surface area contributed by atoms with Gasteiger partial charge in [0.05, 0.1) is 12.6 Å². The standard InChI is InChI=1S/C16H13BrFN3O2/c17-15-7-13(23-12-3-1-11(18)2-4-12)5-6-14(15)16(22)8-21-10-19-9-20-21/h1-7,9-10,16,22H,8H2. The SMILES string of the molecule is OC(Cn1cncn1)c1ccc(Oc2ccc(F)cc2)cc1Br. The summed E-state index contributed by atoms with van der Waals surface area (Å²) < 4.78 is 20.8. The predicted molar refractivity (Wildman–Crippen MR) is 85.6 cm³/mol. The zero-order chi connectivity index (χ0) is 16.2. The van der Waals surface area contributed by atoms with Crippen molar-refractivity contribution in [1.82, 2.24) is 14.8 Å². The first-order chi connectivity index (χ1) is 11.1. The van der Waals surface area contributed by atoms with Crippen LogP contribution in [0.25, 0.3) is 0 Å². The Labute approximate surface area is 140 Å². The summed E-state index contributed by atoms with van der Waals surface area (Å²) in [6.45, 7) is 0.302. The van der Waals surface area contributed by atoms with Crippen molar-refractivity contribution >= 4 is 15.9 Å². The van der Waals surface area contributed by atoms with Crippen LogP contribution in [-0.2, 0) is 6.54 Å². The fourth-order valence-electron chi connectivity index (χ4n) is 2.08. The summed E-state index contributed by atoms with van der Waals surface area (Å²) in [5.41, 5.74) is 0.715. The molecule has 3 aromatic rings. The maximum atomic E-state index is 12.9. The van der Waals surface area contributed by atoms with Crippen molar-refractivity contribution in [2.24, 2.45) is 0 Å². The minimum Gasteiger partial charge on any atom is -0.457 e. The van der Waals surface area contributed by atoms with E-state index in [9.17, 15) is 9.50 Å². The second-order valence-corrected chi connectivity index (χ2v) is 5.73. The van der Waals surface area contributed by atoms with E-state index in [4.69, 9.17) is 4.74 Å². The van der Waals surface area contributed by atoms with Gasteiger partial charge in [-0.1, -0.05) is 22.0 Å². The Kier molecular flexibility index (Phi) is 4.68. The molecule has 0 bridgehead atoms. The maximum Gasteiger partial charge on any atom is 0.137 e. The number of nitrogens with zero attached hydrogens (tertiary/aromatic N) is 3. The van der Waals surface area contributed by atoms with Crippen molar-refractivity contribution in [3.05, 3.63) is 71.0 Å². The van der Waals surface area contributed by atoms with Gasteiger partial charge in [-0.3, -0.25) is 4.68 Å². The van der Waals surface area contributed by atoms with Crippen LogP contribution in [0.4, 0.5) is 4.39 Å². The molecule has 1 heterocycles. The zero-order valence-corrected chi connectivity index (χ0v) is 13.5. The molecule has 0 saturated heterocycles. The molecule has 2 aromatic carbocycles. The molecule has 1 unspecified atom stereocenters. The molecule has 5 nitrogen and oxygen atoms in total. The lowest BCUT2D eigenvalue weighted by molar-refractivity contribution is 0.150. The smallest absolute Gasteiger partial charge is 0.137 e. The Morgan fingerprint density at radius 2 is 1.91 bits per heavy atom. The van der Waals surface area contributed by atoms with Crippen LogP contribution in [0.3, 0.4) is 0 Å². The van der Waals surface area contributed by atoms with Crippen molar-refractivity contribution in [2.45, 2.75) is 12.6 Å². The second-order valence-electron chi connectivity index (χ2n) is 4.87. The summed E-state index contributed by atoms with van der Waals surface area (Å²) in [5, 5.41) is 14.3. The minimum atomic E-state index is -0.731. The molecule has 0 spiro atoms. The van der Waals surface area contributed by atoms with E-state index in [1.54, 1.807) is 41.3 Å². The third kappa shape index (κ3) is 3.94. The van der Waals surface area contributed by atoms with E-state index >= 15 is 0 Å². The highest BCUT2D eigenvalue weighted by atomic mass is 79.9. The predicted octanol–water partition coefficient (Wildman–Crippen LogP) is 3.71. The number of hydrogen-bond donors (Lipinski definition) is 1. The molecule has 3 rings (SSSR count). The molecule has 0 fully saturated rings. The summed E-state index contributed by atoms with van der Waals surface area (Å²) in [4.78, 5) is 3.84. The van der Waals surface area contributed by atoms with Crippen molar-refractivity contribution in [3.63, 3.8) is 0 Å². The molecule has 0 aliphatic rings. The Balaban J connectivity index is 1.73. The van der Waals surface area contributed by atoms with Gasteiger partial charge in [0.1, 0.15) is 30.0 Å². The van der Waals surface area contributed by atoms with E-state index < -0.39 is 6.10 Å². The van der Waals surface area contributed by atoms with E-state index in [0.29, 0.717) is 28.1 Å². The van der Waals surface area contributed by atoms with Gasteiger partial charge in [0.15, 0.2) is 0 Å². The molecule has 0 aliphatic heterocycles. The van der Waals surface area contributed by atoms with E-state index in [2.05, 4.69) is 26.0 Å². The van der Waals surface area contributed by atoms with Crippen molar-refractivity contribution in [2.75, 3.05) is 0 Å². The Bertz CT molecular complexity index is 779. The molecular weight excluding hydrogens is 365 g/mol. The van der Waals surface area contributed by atoms with Crippen LogP contribution in [0.2, 0.25) is 0 Å². The lowest BCUT2D eigenvalue weighted by Gasteiger charge is -2.14. The average Bonchev–Trinajstić information content (AvgIpc) is 3.02. The van der Waals surface area contributed by atoms with E-state index in [1.165, 1.54) is 18.5 Å². The highest BCUT2D eigenvalue weighted by Gasteiger charge is 2.13. The van der Waals surface area contributed by atoms with Gasteiger partial charge in [-0.05, 0) is 42.0 Å². The van der Waals surface area contributed by atoms with Crippen LogP contribution in [-0.4, -0.2) is 19.9 Å². The lowest BCUT2D eigenvalue weighted by Crippen LogP contribution is -2.09. The quantitative estimate of drug-likeness (QED) is 0.736. The first kappa shape index (κ1) is 15.6. The van der Waals surface area contributed by atoms with Crippen LogP contribution in [0.15, 0.2) is 59.6 Å². The van der Waals surface area contributed by atoms with Gasteiger partial charge >= 0.3 is 0 Å². The Morgan fingerprint density at radius 1 is 1.17 bits per heavy atom. The van der Waals surface area contributed by atoms with E-state index in [1.807, 2.05) is 0 Å². The van der Waals surface area contributed by atoms with Gasteiger partial charge in [-0.25, -0.2) is 9.37 Å². The van der Waals surface area contributed by atoms with Crippen LogP contribution in [0.5, 0.6) is 11.5 Å². The summed E-state index contributed by atoms with van der Waals surface area (Å²) >= 11 is 3.43. The zero-order valence-electron chi connectivity index (χ0n) is 11.9. The van der Waals surface area contributed by atoms with Gasteiger partial charge in [-0.15, -0.1) is 0 Å². The number of aliphatic hydroxyl groups excluding tert-OH is 1. The van der Waals surface area contributed by atoms with Crippen molar-refractivity contribution in [1.29, 1.82) is 0 Å². The van der Waals surface area contributed by atoms with Gasteiger partial charge < -0.3 is 9.84 Å². The van der Waals surface area contributed by atoms with Crippen LogP contribution in [0, 0.1) is 5.82 Å². The third-order valence-electron chi connectivity index (χ3n) is 3.21. The van der Waals surface area contributed by atoms with Crippen LogP contribution in [0.1, 0.15) is 11.7 Å². The van der Waals surface area contributed by atoms with Gasteiger partial charge in [0.2, 0.25) is 0 Å². The monoisotopic (exact) mass is 377 g/mol. The topological polar surface area (TPSA) is 60.2 Å². The van der Waals surface area contributed by atoms with Gasteiger partial charge in [0.25, 0.3) is 0 Å². The highest BCUT2D eigenvalue weighted by Crippen LogP contribution is 2.30. The molecule has 7 heteroatoms. The molecule has 1 atom stereocenters. The molecule has 0 amide bonds. The van der Waals surface area contributed by atoms with Crippen LogP contribution < -0.4 is 4.74 Å². The second kappa shape index (κ2) is 6.89. The van der Waals surface area contributed by atoms with Crippen molar-refractivity contribution in [3.8, 4) is 11.5 Å². The first-order valence-corrected chi connectivity index (χ1v) is 7.64. The number of aliphatic hydroxyl groups is 1. The molecule has 0 radical (unpaired) electrons. The summed E-state index contributed by atoms with van der Waals surface area (Å²) in [5.74, 6) is 0.805. The molecule has 1 aromatic heterocycles. The Hall–Kier alpha value is -2.25. The van der Waals surface area contributed by atoms with Gasteiger partial charge in [0, 0.05) is 4.47 Å². The number of ether oxygens (including phenoxy) is 1. The molecule has 23 heavy (non-hydrogen) atoms. The summed E-state index contributed by atoms with van der Waals surface area (Å²) in [6.07, 6.45) is 2.23. The third-order valence-corrected chi connectivity index (χ3v) is 3.89. The number of halogens is 2. The maximum absolute atomic E-state index is 12.9. The number of rotatable bonds is 5. The molecule has 0 saturated carbocycles. The fourth-order valence-corrected chi connectivity index (χ4v) is 2.70.